The van der Waals surface area contributed by atoms with Crippen molar-refractivity contribution in [3.05, 3.63) is 32.9 Å². The minimum Gasteiger partial charge on any atom is -0.368 e. The summed E-state index contributed by atoms with van der Waals surface area (Å²) in [6.45, 7) is 6.86. The molecule has 6 heteroatoms. The molecule has 0 aliphatic rings. The van der Waals surface area contributed by atoms with Crippen molar-refractivity contribution in [2.24, 2.45) is 0 Å². The number of aromatic nitrogens is 3. The minimum atomic E-state index is 0.349. The van der Waals surface area contributed by atoms with E-state index >= 15 is 0 Å². The summed E-state index contributed by atoms with van der Waals surface area (Å²) in [6, 6.07) is 0. The lowest BCUT2D eigenvalue weighted by atomic mass is 10.1. The third-order valence-corrected chi connectivity index (χ3v) is 4.28. The molecule has 0 amide bonds. The second-order valence-corrected chi connectivity index (χ2v) is 5.53. The Morgan fingerprint density at radius 2 is 2.11 bits per heavy atom. The maximum Gasteiger partial charge on any atom is 0.155 e. The van der Waals surface area contributed by atoms with Gasteiger partial charge in [-0.15, -0.1) is 21.5 Å². The van der Waals surface area contributed by atoms with Crippen LogP contribution < -0.4 is 5.32 Å². The number of halogens is 1. The number of thiazole rings is 1. The smallest absolute Gasteiger partial charge is 0.155 e. The molecule has 0 saturated heterocycles. The van der Waals surface area contributed by atoms with Gasteiger partial charge in [-0.2, -0.15) is 0 Å². The Bertz CT molecular complexity index is 527. The van der Waals surface area contributed by atoms with Gasteiger partial charge in [0, 0.05) is 24.0 Å². The molecule has 2 aromatic rings. The van der Waals surface area contributed by atoms with E-state index in [0.717, 1.165) is 28.5 Å². The van der Waals surface area contributed by atoms with Crippen LogP contribution in [0.15, 0.2) is 11.6 Å². The Morgan fingerprint density at radius 3 is 2.78 bits per heavy atom. The fourth-order valence-corrected chi connectivity index (χ4v) is 2.44. The standard InChI is InChI=1S/C12H15ClN4S/c1-7(12-14-4-5-18-12)6-15-11-9(3)8(2)10(13)16-17-11/h4-5,7H,6H2,1-3H3,(H,15,17). The molecule has 2 rings (SSSR count). The van der Waals surface area contributed by atoms with Crippen LogP contribution in [0.2, 0.25) is 5.15 Å². The van der Waals surface area contributed by atoms with Crippen molar-refractivity contribution in [3.63, 3.8) is 0 Å². The van der Waals surface area contributed by atoms with E-state index in [1.807, 2.05) is 25.4 Å². The number of nitrogens with one attached hydrogen (secondary N) is 1. The van der Waals surface area contributed by atoms with Gasteiger partial charge in [0.25, 0.3) is 0 Å². The van der Waals surface area contributed by atoms with Crippen molar-refractivity contribution in [3.8, 4) is 0 Å². The molecule has 0 spiro atoms. The van der Waals surface area contributed by atoms with E-state index in [9.17, 15) is 0 Å². The van der Waals surface area contributed by atoms with Crippen molar-refractivity contribution >= 4 is 28.8 Å². The summed E-state index contributed by atoms with van der Waals surface area (Å²) in [6.07, 6.45) is 1.83. The van der Waals surface area contributed by atoms with Crippen LogP contribution in [-0.4, -0.2) is 21.7 Å². The fraction of sp³-hybridized carbons (Fsp3) is 0.417. The summed E-state index contributed by atoms with van der Waals surface area (Å²) in [5.41, 5.74) is 2.01. The van der Waals surface area contributed by atoms with E-state index in [4.69, 9.17) is 11.6 Å². The molecule has 1 unspecified atom stereocenters. The first-order valence-electron chi connectivity index (χ1n) is 5.72. The molecule has 1 atom stereocenters. The first-order chi connectivity index (χ1) is 8.59. The Kier molecular flexibility index (Phi) is 4.14. The van der Waals surface area contributed by atoms with E-state index in [0.29, 0.717) is 11.1 Å². The molecular formula is C12H15ClN4S. The van der Waals surface area contributed by atoms with Gasteiger partial charge < -0.3 is 5.32 Å². The number of nitrogens with zero attached hydrogens (tertiary/aromatic N) is 3. The van der Waals surface area contributed by atoms with E-state index in [1.165, 1.54) is 0 Å². The highest BCUT2D eigenvalue weighted by atomic mass is 35.5. The molecule has 4 nitrogen and oxygen atoms in total. The molecule has 2 aromatic heterocycles. The van der Waals surface area contributed by atoms with Gasteiger partial charge in [0.15, 0.2) is 11.0 Å². The average molecular weight is 283 g/mol. The molecule has 2 heterocycles. The van der Waals surface area contributed by atoms with Gasteiger partial charge >= 0.3 is 0 Å². The van der Waals surface area contributed by atoms with Gasteiger partial charge in [0.2, 0.25) is 0 Å². The lowest BCUT2D eigenvalue weighted by molar-refractivity contribution is 0.787. The fourth-order valence-electron chi connectivity index (χ4n) is 1.56. The van der Waals surface area contributed by atoms with E-state index < -0.39 is 0 Å². The summed E-state index contributed by atoms with van der Waals surface area (Å²) in [5.74, 6) is 1.14. The number of anilines is 1. The van der Waals surface area contributed by atoms with Crippen molar-refractivity contribution in [2.75, 3.05) is 11.9 Å². The van der Waals surface area contributed by atoms with E-state index in [-0.39, 0.29) is 0 Å². The van der Waals surface area contributed by atoms with Gasteiger partial charge in [-0.3, -0.25) is 0 Å². The lowest BCUT2D eigenvalue weighted by Gasteiger charge is -2.13. The van der Waals surface area contributed by atoms with Gasteiger partial charge in [-0.05, 0) is 25.0 Å². The summed E-state index contributed by atoms with van der Waals surface area (Å²) in [4.78, 5) is 4.30. The molecule has 0 aliphatic carbocycles. The minimum absolute atomic E-state index is 0.349. The second-order valence-electron chi connectivity index (χ2n) is 4.24. The first kappa shape index (κ1) is 13.2. The number of rotatable bonds is 4. The quantitative estimate of drug-likeness (QED) is 0.933. The van der Waals surface area contributed by atoms with Crippen LogP contribution in [0.5, 0.6) is 0 Å². The molecule has 0 saturated carbocycles. The van der Waals surface area contributed by atoms with Crippen molar-refractivity contribution in [1.29, 1.82) is 0 Å². The van der Waals surface area contributed by atoms with Crippen molar-refractivity contribution < 1.29 is 0 Å². The van der Waals surface area contributed by atoms with Crippen LogP contribution in [0.3, 0.4) is 0 Å². The highest BCUT2D eigenvalue weighted by Gasteiger charge is 2.11. The maximum absolute atomic E-state index is 5.92. The van der Waals surface area contributed by atoms with Gasteiger partial charge in [0.05, 0.1) is 5.01 Å². The third kappa shape index (κ3) is 2.79. The predicted molar refractivity (Wildman–Crippen MR) is 75.5 cm³/mol. The van der Waals surface area contributed by atoms with Crippen molar-refractivity contribution in [1.82, 2.24) is 15.2 Å². The second kappa shape index (κ2) is 5.63. The molecular weight excluding hydrogens is 268 g/mol. The van der Waals surface area contributed by atoms with Gasteiger partial charge in [-0.25, -0.2) is 4.98 Å². The molecule has 0 fully saturated rings. The summed E-state index contributed by atoms with van der Waals surface area (Å²) in [7, 11) is 0. The SMILES string of the molecule is Cc1c(Cl)nnc(NCC(C)c2nccs2)c1C. The highest BCUT2D eigenvalue weighted by Crippen LogP contribution is 2.22. The van der Waals surface area contributed by atoms with Crippen LogP contribution in [-0.2, 0) is 0 Å². The Hall–Kier alpha value is -1.20. The molecule has 96 valence electrons. The average Bonchev–Trinajstić information content (AvgIpc) is 2.89. The Morgan fingerprint density at radius 1 is 1.33 bits per heavy atom. The molecule has 0 radical (unpaired) electrons. The Balaban J connectivity index is 2.05. The highest BCUT2D eigenvalue weighted by molar-refractivity contribution is 7.09. The summed E-state index contributed by atoms with van der Waals surface area (Å²) < 4.78 is 0. The summed E-state index contributed by atoms with van der Waals surface area (Å²) in [5, 5.41) is 14.9. The largest absolute Gasteiger partial charge is 0.368 e. The molecule has 0 aliphatic heterocycles. The van der Waals surface area contributed by atoms with Gasteiger partial charge in [0.1, 0.15) is 0 Å². The van der Waals surface area contributed by atoms with Gasteiger partial charge in [-0.1, -0.05) is 18.5 Å². The normalized spacial score (nSPS) is 12.4. The van der Waals surface area contributed by atoms with Crippen LogP contribution in [0, 0.1) is 13.8 Å². The molecule has 18 heavy (non-hydrogen) atoms. The Labute approximate surface area is 115 Å². The van der Waals surface area contributed by atoms with Crippen LogP contribution >= 0.6 is 22.9 Å². The molecule has 0 bridgehead atoms. The zero-order chi connectivity index (χ0) is 13.1. The third-order valence-electron chi connectivity index (χ3n) is 2.91. The molecule has 0 aromatic carbocycles. The zero-order valence-corrected chi connectivity index (χ0v) is 12.1. The molecule has 1 N–H and O–H groups in total. The monoisotopic (exact) mass is 282 g/mol. The summed E-state index contributed by atoms with van der Waals surface area (Å²) >= 11 is 7.59. The number of hydrogen-bond donors (Lipinski definition) is 1. The predicted octanol–water partition coefficient (Wildman–Crippen LogP) is 3.42. The zero-order valence-electron chi connectivity index (χ0n) is 10.6. The lowest BCUT2D eigenvalue weighted by Crippen LogP contribution is -2.12. The van der Waals surface area contributed by atoms with E-state index in [2.05, 4.69) is 27.4 Å². The van der Waals surface area contributed by atoms with Crippen molar-refractivity contribution in [2.45, 2.75) is 26.7 Å². The van der Waals surface area contributed by atoms with Crippen LogP contribution in [0.1, 0.15) is 29.0 Å². The maximum atomic E-state index is 5.92. The van der Waals surface area contributed by atoms with E-state index in [1.54, 1.807) is 11.3 Å². The number of hydrogen-bond acceptors (Lipinski definition) is 5. The topological polar surface area (TPSA) is 50.7 Å². The van der Waals surface area contributed by atoms with Crippen LogP contribution in [0.4, 0.5) is 5.82 Å². The first-order valence-corrected chi connectivity index (χ1v) is 6.98. The van der Waals surface area contributed by atoms with Crippen LogP contribution in [0.25, 0.3) is 0 Å².